The van der Waals surface area contributed by atoms with Crippen molar-refractivity contribution in [3.05, 3.63) is 130 Å². The number of allylic oxidation sites excluding steroid dienone is 1. The third-order valence-electron chi connectivity index (χ3n) is 6.77. The summed E-state index contributed by atoms with van der Waals surface area (Å²) in [5.41, 5.74) is 6.29. The average Bonchev–Trinajstić information content (AvgIpc) is 3.23. The Labute approximate surface area is 226 Å². The summed E-state index contributed by atoms with van der Waals surface area (Å²) in [6, 6.07) is 20.4. The molecule has 5 nitrogen and oxygen atoms in total. The number of rotatable bonds is 3. The lowest BCUT2D eigenvalue weighted by Crippen LogP contribution is -2.38. The van der Waals surface area contributed by atoms with Crippen molar-refractivity contribution < 1.29 is 9.53 Å². The molecule has 1 aromatic heterocycles. The Hall–Kier alpha value is -3.45. The molecular weight excluding hydrogens is 527 g/mol. The van der Waals surface area contributed by atoms with Gasteiger partial charge >= 0.3 is 5.97 Å². The van der Waals surface area contributed by atoms with Crippen LogP contribution >= 0.6 is 34.5 Å². The largest absolute Gasteiger partial charge is 0.465 e. The van der Waals surface area contributed by atoms with E-state index < -0.39 is 5.97 Å². The fourth-order valence-electron chi connectivity index (χ4n) is 5.00. The highest BCUT2D eigenvalue weighted by Gasteiger charge is 2.32. The Morgan fingerprint density at radius 2 is 1.86 bits per heavy atom. The van der Waals surface area contributed by atoms with E-state index in [1.54, 1.807) is 41.0 Å². The van der Waals surface area contributed by atoms with Gasteiger partial charge in [0.1, 0.15) is 0 Å². The van der Waals surface area contributed by atoms with Gasteiger partial charge in [-0.2, -0.15) is 0 Å². The van der Waals surface area contributed by atoms with Gasteiger partial charge in [-0.3, -0.25) is 9.36 Å². The van der Waals surface area contributed by atoms with Gasteiger partial charge in [-0.1, -0.05) is 77.0 Å². The quantitative estimate of drug-likeness (QED) is 0.322. The molecule has 6 rings (SSSR count). The second kappa shape index (κ2) is 9.45. The molecule has 0 N–H and O–H groups in total. The SMILES string of the molecule is COC(=O)c1ccc(C2C3=C(N=c4sc(=Cc5ccc(Cl)cc5Cl)c(=O)n42)c2ccccc2CC3)cc1. The fraction of sp³-hybridized carbons (Fsp3) is 0.138. The number of nitrogens with zero attached hydrogens (tertiary/aromatic N) is 2. The molecule has 1 unspecified atom stereocenters. The number of benzene rings is 3. The summed E-state index contributed by atoms with van der Waals surface area (Å²) >= 11 is 13.8. The molecular formula is C29H20Cl2N2O3S. The monoisotopic (exact) mass is 546 g/mol. The number of thiazole rings is 1. The molecule has 0 saturated heterocycles. The van der Waals surface area contributed by atoms with Crippen LogP contribution in [0, 0.1) is 0 Å². The van der Waals surface area contributed by atoms with E-state index in [4.69, 9.17) is 32.9 Å². The zero-order chi connectivity index (χ0) is 25.7. The molecule has 0 saturated carbocycles. The lowest BCUT2D eigenvalue weighted by molar-refractivity contribution is 0.0600. The zero-order valence-corrected chi connectivity index (χ0v) is 22.0. The van der Waals surface area contributed by atoms with Gasteiger partial charge in [0.05, 0.1) is 28.9 Å². The van der Waals surface area contributed by atoms with E-state index in [0.29, 0.717) is 30.5 Å². The molecule has 8 heteroatoms. The number of methoxy groups -OCH3 is 1. The summed E-state index contributed by atoms with van der Waals surface area (Å²) in [6.07, 6.45) is 3.44. The zero-order valence-electron chi connectivity index (χ0n) is 19.7. The first kappa shape index (κ1) is 23.9. The number of hydrogen-bond donors (Lipinski definition) is 0. The first-order chi connectivity index (χ1) is 17.9. The van der Waals surface area contributed by atoms with Crippen molar-refractivity contribution in [1.82, 2.24) is 4.57 Å². The molecule has 2 aliphatic rings. The van der Waals surface area contributed by atoms with Gasteiger partial charge in [-0.25, -0.2) is 9.79 Å². The lowest BCUT2D eigenvalue weighted by Gasteiger charge is -2.30. The smallest absolute Gasteiger partial charge is 0.337 e. The number of aromatic nitrogens is 1. The Morgan fingerprint density at radius 3 is 2.62 bits per heavy atom. The average molecular weight is 547 g/mol. The first-order valence-corrected chi connectivity index (χ1v) is 13.3. The molecule has 0 radical (unpaired) electrons. The van der Waals surface area contributed by atoms with Crippen LogP contribution < -0.4 is 14.9 Å². The maximum atomic E-state index is 13.8. The van der Waals surface area contributed by atoms with Crippen LogP contribution in [0.5, 0.6) is 0 Å². The molecule has 184 valence electrons. The van der Waals surface area contributed by atoms with Crippen LogP contribution in [0.3, 0.4) is 0 Å². The van der Waals surface area contributed by atoms with Crippen molar-refractivity contribution >= 4 is 52.3 Å². The molecule has 1 atom stereocenters. The number of carbonyl (C=O) groups is 1. The maximum absolute atomic E-state index is 13.8. The summed E-state index contributed by atoms with van der Waals surface area (Å²) in [5.74, 6) is -0.401. The normalized spacial score (nSPS) is 16.5. The van der Waals surface area contributed by atoms with Crippen molar-refractivity contribution in [2.24, 2.45) is 4.99 Å². The van der Waals surface area contributed by atoms with Crippen LogP contribution in [0.1, 0.15) is 45.1 Å². The van der Waals surface area contributed by atoms with E-state index in [2.05, 4.69) is 12.1 Å². The summed E-state index contributed by atoms with van der Waals surface area (Å²) in [7, 11) is 1.36. The van der Waals surface area contributed by atoms with E-state index in [1.807, 2.05) is 24.3 Å². The number of carbonyl (C=O) groups excluding carboxylic acids is 1. The van der Waals surface area contributed by atoms with E-state index >= 15 is 0 Å². The Balaban J connectivity index is 1.59. The predicted octanol–water partition coefficient (Wildman–Crippen LogP) is 5.41. The summed E-state index contributed by atoms with van der Waals surface area (Å²) in [4.78, 5) is 31.5. The van der Waals surface area contributed by atoms with Crippen LogP contribution in [-0.2, 0) is 11.2 Å². The van der Waals surface area contributed by atoms with E-state index in [9.17, 15) is 9.59 Å². The standard InChI is InChI=1S/C29H20Cl2N2O3S/c1-36-28(35)18-8-6-17(7-9-18)26-22-13-11-16-4-2-3-5-21(16)25(22)32-29-33(26)27(34)24(37-29)14-19-10-12-20(30)15-23(19)31/h2-10,12,14-15,26H,11,13H2,1H3. The third kappa shape index (κ3) is 4.15. The van der Waals surface area contributed by atoms with Crippen LogP contribution in [0.15, 0.2) is 82.1 Å². The van der Waals surface area contributed by atoms with Crippen LogP contribution in [0.2, 0.25) is 10.0 Å². The number of aryl methyl sites for hydroxylation is 1. The first-order valence-electron chi connectivity index (χ1n) is 11.7. The molecule has 37 heavy (non-hydrogen) atoms. The molecule has 0 spiro atoms. The van der Waals surface area contributed by atoms with Crippen LogP contribution in [0.4, 0.5) is 0 Å². The molecule has 3 aromatic carbocycles. The molecule has 4 aromatic rings. The number of fused-ring (bicyclic) bond motifs is 3. The molecule has 1 aliphatic carbocycles. The fourth-order valence-corrected chi connectivity index (χ4v) is 6.46. The highest BCUT2D eigenvalue weighted by Crippen LogP contribution is 2.41. The number of hydrogen-bond acceptors (Lipinski definition) is 5. The predicted molar refractivity (Wildman–Crippen MR) is 147 cm³/mol. The van der Waals surface area contributed by atoms with Gasteiger partial charge < -0.3 is 4.74 Å². The molecule has 0 fully saturated rings. The van der Waals surface area contributed by atoms with Gasteiger partial charge in [0.2, 0.25) is 0 Å². The summed E-state index contributed by atoms with van der Waals surface area (Å²) < 4.78 is 7.16. The second-order valence-corrected chi connectivity index (χ2v) is 10.7. The van der Waals surface area contributed by atoms with Gasteiger partial charge in [0.25, 0.3) is 5.56 Å². The number of ether oxygens (including phenoxy) is 1. The van der Waals surface area contributed by atoms with Crippen molar-refractivity contribution in [1.29, 1.82) is 0 Å². The second-order valence-electron chi connectivity index (χ2n) is 8.89. The molecule has 0 amide bonds. The summed E-state index contributed by atoms with van der Waals surface area (Å²) in [6.45, 7) is 0. The Morgan fingerprint density at radius 1 is 1.08 bits per heavy atom. The van der Waals surface area contributed by atoms with Gasteiger partial charge in [-0.15, -0.1) is 0 Å². The van der Waals surface area contributed by atoms with Gasteiger partial charge in [-0.05, 0) is 65.4 Å². The van der Waals surface area contributed by atoms with E-state index in [0.717, 1.165) is 35.2 Å². The van der Waals surface area contributed by atoms with Crippen LogP contribution in [-0.4, -0.2) is 17.6 Å². The Bertz CT molecular complexity index is 1790. The number of esters is 1. The van der Waals surface area contributed by atoms with E-state index in [1.165, 1.54) is 24.0 Å². The minimum absolute atomic E-state index is 0.137. The van der Waals surface area contributed by atoms with Gasteiger partial charge in [0.15, 0.2) is 4.80 Å². The van der Waals surface area contributed by atoms with Crippen LogP contribution in [0.25, 0.3) is 11.8 Å². The maximum Gasteiger partial charge on any atom is 0.337 e. The van der Waals surface area contributed by atoms with Crippen molar-refractivity contribution in [3.8, 4) is 0 Å². The minimum Gasteiger partial charge on any atom is -0.465 e. The molecule has 0 bridgehead atoms. The Kier molecular flexibility index (Phi) is 6.11. The minimum atomic E-state index is -0.401. The van der Waals surface area contributed by atoms with Crippen molar-refractivity contribution in [2.45, 2.75) is 18.9 Å². The van der Waals surface area contributed by atoms with Crippen molar-refractivity contribution in [2.75, 3.05) is 7.11 Å². The van der Waals surface area contributed by atoms with Gasteiger partial charge in [0, 0.05) is 15.6 Å². The lowest BCUT2D eigenvalue weighted by atomic mass is 9.83. The topological polar surface area (TPSA) is 60.7 Å². The highest BCUT2D eigenvalue weighted by molar-refractivity contribution is 7.07. The summed E-state index contributed by atoms with van der Waals surface area (Å²) in [5, 5.41) is 1.01. The van der Waals surface area contributed by atoms with Crippen molar-refractivity contribution in [3.63, 3.8) is 0 Å². The highest BCUT2D eigenvalue weighted by atomic mass is 35.5. The van der Waals surface area contributed by atoms with E-state index in [-0.39, 0.29) is 11.6 Å². The third-order valence-corrected chi connectivity index (χ3v) is 8.31. The number of halogens is 2. The molecule has 1 aliphatic heterocycles. The molecule has 2 heterocycles.